The summed E-state index contributed by atoms with van der Waals surface area (Å²) in [6.45, 7) is 4.75. The molecule has 3 aromatic rings. The molecule has 3 rings (SSSR count). The van der Waals surface area contributed by atoms with E-state index in [4.69, 9.17) is 0 Å². The van der Waals surface area contributed by atoms with Gasteiger partial charge < -0.3 is 15.1 Å². The van der Waals surface area contributed by atoms with Crippen molar-refractivity contribution < 1.29 is 9.59 Å². The maximum atomic E-state index is 13.7. The minimum atomic E-state index is -0.596. The highest BCUT2D eigenvalue weighted by Gasteiger charge is 2.29. The van der Waals surface area contributed by atoms with Gasteiger partial charge in [-0.25, -0.2) is 0 Å². The average molecular weight is 486 g/mol. The first-order chi connectivity index (χ1) is 17.2. The SMILES string of the molecule is CNC(C)(C)C/C=C/C(=O)N(C)[C@H](Cc1ccc2ccccc2c1)C(=O)N(C)CCc1ccccc1. The molecule has 0 aliphatic heterocycles. The Morgan fingerprint density at radius 2 is 1.58 bits per heavy atom. The van der Waals surface area contributed by atoms with Crippen molar-refractivity contribution in [1.29, 1.82) is 0 Å². The highest BCUT2D eigenvalue weighted by Crippen LogP contribution is 2.19. The van der Waals surface area contributed by atoms with Crippen LogP contribution in [0.4, 0.5) is 0 Å². The zero-order valence-corrected chi connectivity index (χ0v) is 22.2. The van der Waals surface area contributed by atoms with Gasteiger partial charge in [-0.2, -0.15) is 0 Å². The number of rotatable bonds is 11. The Balaban J connectivity index is 1.79. The van der Waals surface area contributed by atoms with Crippen molar-refractivity contribution in [3.8, 4) is 0 Å². The average Bonchev–Trinajstić information content (AvgIpc) is 2.89. The molecule has 0 saturated carbocycles. The summed E-state index contributed by atoms with van der Waals surface area (Å²) in [6, 6.07) is 24.0. The summed E-state index contributed by atoms with van der Waals surface area (Å²) in [5, 5.41) is 5.52. The molecule has 0 spiro atoms. The Morgan fingerprint density at radius 3 is 2.28 bits per heavy atom. The molecule has 5 heteroatoms. The number of nitrogens with zero attached hydrogens (tertiary/aromatic N) is 2. The summed E-state index contributed by atoms with van der Waals surface area (Å²) >= 11 is 0. The number of amides is 2. The largest absolute Gasteiger partial charge is 0.344 e. The number of hydrogen-bond donors (Lipinski definition) is 1. The monoisotopic (exact) mass is 485 g/mol. The number of hydrogen-bond acceptors (Lipinski definition) is 3. The van der Waals surface area contributed by atoms with Crippen molar-refractivity contribution in [1.82, 2.24) is 15.1 Å². The Hall–Kier alpha value is -3.44. The molecule has 0 aliphatic rings. The fourth-order valence-corrected chi connectivity index (χ4v) is 4.11. The minimum absolute atomic E-state index is 0.0566. The highest BCUT2D eigenvalue weighted by molar-refractivity contribution is 5.93. The molecule has 190 valence electrons. The Bertz CT molecular complexity index is 1190. The molecular formula is C31H39N3O2. The quantitative estimate of drug-likeness (QED) is 0.395. The van der Waals surface area contributed by atoms with Gasteiger partial charge in [0.05, 0.1) is 0 Å². The first kappa shape index (κ1) is 27.2. The first-order valence-electron chi connectivity index (χ1n) is 12.6. The van der Waals surface area contributed by atoms with Gasteiger partial charge in [0.1, 0.15) is 6.04 Å². The molecule has 2 amide bonds. The van der Waals surface area contributed by atoms with Gasteiger partial charge in [0.15, 0.2) is 0 Å². The van der Waals surface area contributed by atoms with Crippen LogP contribution in [-0.4, -0.2) is 60.9 Å². The fourth-order valence-electron chi connectivity index (χ4n) is 4.11. The molecule has 0 aliphatic carbocycles. The van der Waals surface area contributed by atoms with Crippen LogP contribution in [0.2, 0.25) is 0 Å². The van der Waals surface area contributed by atoms with E-state index in [9.17, 15) is 9.59 Å². The third-order valence-corrected chi connectivity index (χ3v) is 6.86. The van der Waals surface area contributed by atoms with Gasteiger partial charge >= 0.3 is 0 Å². The Kier molecular flexibility index (Phi) is 9.43. The van der Waals surface area contributed by atoms with E-state index in [2.05, 4.69) is 61.6 Å². The lowest BCUT2D eigenvalue weighted by atomic mass is 9.99. The zero-order chi connectivity index (χ0) is 26.1. The maximum absolute atomic E-state index is 13.7. The third-order valence-electron chi connectivity index (χ3n) is 6.86. The van der Waals surface area contributed by atoms with E-state index in [0.717, 1.165) is 22.8 Å². The fraction of sp³-hybridized carbons (Fsp3) is 0.355. The summed E-state index contributed by atoms with van der Waals surface area (Å²) in [6.07, 6.45) is 5.40. The predicted molar refractivity (Wildman–Crippen MR) is 149 cm³/mol. The van der Waals surface area contributed by atoms with Crippen molar-refractivity contribution in [3.63, 3.8) is 0 Å². The van der Waals surface area contributed by atoms with Crippen LogP contribution in [0.3, 0.4) is 0 Å². The summed E-state index contributed by atoms with van der Waals surface area (Å²) in [5.74, 6) is -0.226. The van der Waals surface area contributed by atoms with Crippen LogP contribution < -0.4 is 5.32 Å². The summed E-state index contributed by atoms with van der Waals surface area (Å²) in [4.78, 5) is 30.1. The first-order valence-corrected chi connectivity index (χ1v) is 12.6. The lowest BCUT2D eigenvalue weighted by Gasteiger charge is -2.31. The molecule has 3 aromatic carbocycles. The zero-order valence-electron chi connectivity index (χ0n) is 22.2. The van der Waals surface area contributed by atoms with E-state index in [-0.39, 0.29) is 17.4 Å². The van der Waals surface area contributed by atoms with Crippen LogP contribution in [-0.2, 0) is 22.4 Å². The molecule has 0 radical (unpaired) electrons. The Labute approximate surface area is 215 Å². The second kappa shape index (κ2) is 12.5. The van der Waals surface area contributed by atoms with Crippen molar-refractivity contribution in [2.75, 3.05) is 27.7 Å². The van der Waals surface area contributed by atoms with Crippen molar-refractivity contribution in [3.05, 3.63) is 96.1 Å². The van der Waals surface area contributed by atoms with E-state index in [1.54, 1.807) is 22.9 Å². The van der Waals surface area contributed by atoms with E-state index < -0.39 is 6.04 Å². The van der Waals surface area contributed by atoms with Crippen LogP contribution in [0.1, 0.15) is 31.4 Å². The lowest BCUT2D eigenvalue weighted by molar-refractivity contribution is -0.141. The van der Waals surface area contributed by atoms with Crippen LogP contribution in [0.15, 0.2) is 84.9 Å². The number of carbonyl (C=O) groups excluding carboxylic acids is 2. The number of nitrogens with one attached hydrogen (secondary N) is 1. The number of benzene rings is 3. The van der Waals surface area contributed by atoms with Crippen molar-refractivity contribution in [2.45, 2.75) is 44.7 Å². The second-order valence-corrected chi connectivity index (χ2v) is 10.1. The van der Waals surface area contributed by atoms with Gasteiger partial charge in [0.25, 0.3) is 0 Å². The van der Waals surface area contributed by atoms with Crippen molar-refractivity contribution >= 4 is 22.6 Å². The molecule has 0 unspecified atom stereocenters. The van der Waals surface area contributed by atoms with E-state index in [1.807, 2.05) is 50.5 Å². The van der Waals surface area contributed by atoms with Crippen LogP contribution >= 0.6 is 0 Å². The Morgan fingerprint density at radius 1 is 0.917 bits per heavy atom. The van der Waals surface area contributed by atoms with Gasteiger partial charge in [-0.3, -0.25) is 9.59 Å². The second-order valence-electron chi connectivity index (χ2n) is 10.1. The third kappa shape index (κ3) is 7.53. The summed E-state index contributed by atoms with van der Waals surface area (Å²) in [5.41, 5.74) is 2.11. The lowest BCUT2D eigenvalue weighted by Crippen LogP contribution is -2.49. The van der Waals surface area contributed by atoms with Gasteiger partial charge in [-0.1, -0.05) is 78.9 Å². The molecule has 1 atom stereocenters. The molecular weight excluding hydrogens is 446 g/mol. The molecule has 0 aromatic heterocycles. The topological polar surface area (TPSA) is 52.7 Å². The molecule has 0 bridgehead atoms. The molecule has 0 fully saturated rings. The summed E-state index contributed by atoms with van der Waals surface area (Å²) < 4.78 is 0. The van der Waals surface area contributed by atoms with Crippen molar-refractivity contribution in [2.24, 2.45) is 0 Å². The van der Waals surface area contributed by atoms with Crippen LogP contribution in [0.25, 0.3) is 10.8 Å². The van der Waals surface area contributed by atoms with E-state index in [0.29, 0.717) is 19.4 Å². The van der Waals surface area contributed by atoms with Crippen LogP contribution in [0, 0.1) is 0 Å². The summed E-state index contributed by atoms with van der Waals surface area (Å²) in [7, 11) is 5.46. The van der Waals surface area contributed by atoms with Crippen LogP contribution in [0.5, 0.6) is 0 Å². The maximum Gasteiger partial charge on any atom is 0.246 e. The number of carbonyl (C=O) groups is 2. The smallest absolute Gasteiger partial charge is 0.246 e. The van der Waals surface area contributed by atoms with E-state index in [1.165, 1.54) is 5.56 Å². The van der Waals surface area contributed by atoms with Gasteiger partial charge in [-0.15, -0.1) is 0 Å². The molecule has 1 N–H and O–H groups in total. The highest BCUT2D eigenvalue weighted by atomic mass is 16.2. The van der Waals surface area contributed by atoms with E-state index >= 15 is 0 Å². The standard InChI is InChI=1S/C31H39N3O2/c1-31(2,32-3)20-11-16-29(35)34(5)28(23-25-17-18-26-14-9-10-15-27(26)22-25)30(36)33(4)21-19-24-12-7-6-8-13-24/h6-18,22,28,32H,19-21,23H2,1-5H3/b16-11+/t28-/m1/s1. The van der Waals surface area contributed by atoms with Gasteiger partial charge in [-0.05, 0) is 61.7 Å². The molecule has 0 saturated heterocycles. The van der Waals surface area contributed by atoms with Gasteiger partial charge in [0.2, 0.25) is 11.8 Å². The predicted octanol–water partition coefficient (Wildman–Crippen LogP) is 4.85. The normalized spacial score (nSPS) is 12.6. The number of likely N-dealkylation sites (N-methyl/N-ethyl adjacent to an activating group) is 2. The minimum Gasteiger partial charge on any atom is -0.344 e. The molecule has 36 heavy (non-hydrogen) atoms. The number of fused-ring (bicyclic) bond motifs is 1. The van der Waals surface area contributed by atoms with Gasteiger partial charge in [0, 0.05) is 32.6 Å². The molecule has 5 nitrogen and oxygen atoms in total. The molecule has 0 heterocycles.